The molecule has 0 saturated carbocycles. The topological polar surface area (TPSA) is 6.48 Å². The summed E-state index contributed by atoms with van der Waals surface area (Å²) in [6, 6.07) is 118. The maximum Gasteiger partial charge on any atom is 0.0468 e. The lowest BCUT2D eigenvalue weighted by atomic mass is 9.79. The van der Waals surface area contributed by atoms with Crippen molar-refractivity contribution in [1.82, 2.24) is 0 Å². The first-order valence-corrected chi connectivity index (χ1v) is 28.8. The number of anilines is 6. The summed E-state index contributed by atoms with van der Waals surface area (Å²) >= 11 is 0. The Labute approximate surface area is 492 Å². The summed E-state index contributed by atoms with van der Waals surface area (Å²) in [6.45, 7) is 0. The van der Waals surface area contributed by atoms with Gasteiger partial charge in [-0.1, -0.05) is 279 Å². The fourth-order valence-electron chi connectivity index (χ4n) is 11.9. The Morgan fingerprint density at radius 3 is 0.798 bits per heavy atom. The number of fused-ring (bicyclic) bond motifs is 3. The van der Waals surface area contributed by atoms with E-state index in [1.165, 1.54) is 76.8 Å². The molecule has 0 amide bonds. The van der Waals surface area contributed by atoms with Crippen LogP contribution in [0.15, 0.2) is 328 Å². The van der Waals surface area contributed by atoms with Gasteiger partial charge in [0.05, 0.1) is 0 Å². The van der Waals surface area contributed by atoms with E-state index in [1.54, 1.807) is 0 Å². The van der Waals surface area contributed by atoms with Crippen LogP contribution in [0, 0.1) is 0 Å². The van der Waals surface area contributed by atoms with Crippen LogP contribution in [-0.4, -0.2) is 0 Å². The fraction of sp³-hybridized carbons (Fsp3) is 0. The molecule has 14 rings (SSSR count). The molecule has 84 heavy (non-hydrogen) atoms. The van der Waals surface area contributed by atoms with E-state index in [-0.39, 0.29) is 0 Å². The van der Waals surface area contributed by atoms with Gasteiger partial charge in [0.1, 0.15) is 0 Å². The predicted octanol–water partition coefficient (Wildman–Crippen LogP) is 23.1. The lowest BCUT2D eigenvalue weighted by molar-refractivity contribution is 1.29. The zero-order valence-electron chi connectivity index (χ0n) is 46.4. The van der Waals surface area contributed by atoms with Crippen molar-refractivity contribution < 1.29 is 0 Å². The minimum absolute atomic E-state index is 1.10. The van der Waals surface area contributed by atoms with Crippen LogP contribution in [0.2, 0.25) is 0 Å². The predicted molar refractivity (Wildman–Crippen MR) is 361 cm³/mol. The van der Waals surface area contributed by atoms with Crippen LogP contribution in [0.5, 0.6) is 0 Å². The Kier molecular flexibility index (Phi) is 14.1. The number of para-hydroxylation sites is 2. The highest BCUT2D eigenvalue weighted by molar-refractivity contribution is 6.18. The first-order valence-electron chi connectivity index (χ1n) is 28.8. The van der Waals surface area contributed by atoms with Gasteiger partial charge in [-0.2, -0.15) is 0 Å². The third-order valence-electron chi connectivity index (χ3n) is 16.0. The second kappa shape index (κ2) is 23.2. The average molecular weight is 1070 g/mol. The molecule has 0 aliphatic rings. The van der Waals surface area contributed by atoms with Crippen LogP contribution in [0.1, 0.15) is 22.3 Å². The van der Waals surface area contributed by atoms with E-state index in [2.05, 4.69) is 362 Å². The van der Waals surface area contributed by atoms with Crippen molar-refractivity contribution in [3.63, 3.8) is 0 Å². The van der Waals surface area contributed by atoms with Gasteiger partial charge in [0.15, 0.2) is 0 Å². The van der Waals surface area contributed by atoms with Crippen molar-refractivity contribution in [1.29, 1.82) is 0 Å². The molecule has 0 bridgehead atoms. The molecule has 0 unspecified atom stereocenters. The number of rotatable bonds is 14. The zero-order chi connectivity index (χ0) is 56.0. The van der Waals surface area contributed by atoms with Gasteiger partial charge in [0.25, 0.3) is 0 Å². The minimum atomic E-state index is 1.10. The van der Waals surface area contributed by atoms with Gasteiger partial charge in [-0.15, -0.1) is 0 Å². The Balaban J connectivity index is 0.778. The van der Waals surface area contributed by atoms with E-state index < -0.39 is 0 Å². The molecule has 0 fully saturated rings. The van der Waals surface area contributed by atoms with Crippen molar-refractivity contribution >= 4 is 90.7 Å². The zero-order valence-corrected chi connectivity index (χ0v) is 46.4. The highest BCUT2D eigenvalue weighted by atomic mass is 15.1. The third kappa shape index (κ3) is 10.5. The molecule has 0 aliphatic heterocycles. The van der Waals surface area contributed by atoms with E-state index in [0.29, 0.717) is 0 Å². The molecule has 2 heteroatoms. The maximum atomic E-state index is 2.32. The smallest absolute Gasteiger partial charge is 0.0468 e. The molecule has 0 heterocycles. The van der Waals surface area contributed by atoms with Crippen molar-refractivity contribution in [2.45, 2.75) is 0 Å². The molecule has 0 aromatic heterocycles. The van der Waals surface area contributed by atoms with Gasteiger partial charge < -0.3 is 9.80 Å². The third-order valence-corrected chi connectivity index (χ3v) is 16.0. The van der Waals surface area contributed by atoms with E-state index in [1.807, 2.05) is 0 Å². The summed E-state index contributed by atoms with van der Waals surface area (Å²) in [5.41, 5.74) is 20.8. The molecule has 0 spiro atoms. The van der Waals surface area contributed by atoms with Crippen molar-refractivity contribution in [3.05, 3.63) is 350 Å². The first kappa shape index (κ1) is 51.1. The molecular formula is C82H58N2. The van der Waals surface area contributed by atoms with E-state index in [9.17, 15) is 0 Å². The highest BCUT2D eigenvalue weighted by Crippen LogP contribution is 2.51. The van der Waals surface area contributed by atoms with Crippen LogP contribution in [-0.2, 0) is 0 Å². The molecule has 0 N–H and O–H groups in total. The number of hydrogen-bond donors (Lipinski definition) is 0. The van der Waals surface area contributed by atoms with E-state index in [0.717, 1.165) is 56.4 Å². The molecule has 2 nitrogen and oxygen atoms in total. The van der Waals surface area contributed by atoms with Gasteiger partial charge in [0, 0.05) is 34.1 Å². The SMILES string of the molecule is C(=Cc1ccc(N(c2ccccc2)c2ccc3ccccc3c2)cc1)c1ccc(-c2c(-c3ccccc3)c(-c3ccccc3)c(-c3ccc(C=Cc4ccc(N(c5ccccc5)c5ccc6ccccc6c5)cc4)cc3)c3ccccc23)cc1. The quantitative estimate of drug-likeness (QED) is 0.100. The van der Waals surface area contributed by atoms with Crippen LogP contribution >= 0.6 is 0 Å². The summed E-state index contributed by atoms with van der Waals surface area (Å²) in [4.78, 5) is 4.65. The molecule has 396 valence electrons. The minimum Gasteiger partial charge on any atom is -0.310 e. The number of nitrogens with zero attached hydrogens (tertiary/aromatic N) is 2. The van der Waals surface area contributed by atoms with Crippen molar-refractivity contribution in [3.8, 4) is 44.5 Å². The Morgan fingerprint density at radius 2 is 0.440 bits per heavy atom. The molecule has 14 aromatic rings. The van der Waals surface area contributed by atoms with Gasteiger partial charge in [-0.25, -0.2) is 0 Å². The van der Waals surface area contributed by atoms with Crippen LogP contribution in [0.4, 0.5) is 34.1 Å². The molecule has 0 atom stereocenters. The normalized spacial score (nSPS) is 11.5. The maximum absolute atomic E-state index is 2.32. The second-order valence-electron chi connectivity index (χ2n) is 21.3. The highest BCUT2D eigenvalue weighted by Gasteiger charge is 2.24. The summed E-state index contributed by atoms with van der Waals surface area (Å²) in [6.07, 6.45) is 8.85. The van der Waals surface area contributed by atoms with Gasteiger partial charge in [0.2, 0.25) is 0 Å². The van der Waals surface area contributed by atoms with E-state index in [4.69, 9.17) is 0 Å². The summed E-state index contributed by atoms with van der Waals surface area (Å²) in [5, 5.41) is 7.32. The van der Waals surface area contributed by atoms with Crippen LogP contribution in [0.25, 0.3) is 101 Å². The largest absolute Gasteiger partial charge is 0.310 e. The number of benzene rings is 14. The Hall–Kier alpha value is -11.1. The van der Waals surface area contributed by atoms with Crippen LogP contribution < -0.4 is 9.80 Å². The molecule has 0 radical (unpaired) electrons. The lowest BCUT2D eigenvalue weighted by Crippen LogP contribution is -2.09. The summed E-state index contributed by atoms with van der Waals surface area (Å²) in [7, 11) is 0. The molecule has 14 aromatic carbocycles. The molecule has 0 aliphatic carbocycles. The standard InChI is InChI=1S/C82H58N2/c1-5-21-65(22-6-1)81-79(67-45-37-59(38-46-67)33-35-61-41-51-73(52-42-61)83(71-27-9-3-10-28-71)75-55-49-63-19-13-15-25-69(63)57-75)77-31-17-18-32-78(77)80(82(81)66-23-7-2-8-24-66)68-47-39-60(40-48-68)34-36-62-43-53-74(54-44-62)84(72-29-11-4-12-30-72)76-56-50-64-20-14-16-26-70(64)58-76/h1-58H. The molecule has 0 saturated heterocycles. The second-order valence-corrected chi connectivity index (χ2v) is 21.3. The van der Waals surface area contributed by atoms with Gasteiger partial charge in [-0.3, -0.25) is 0 Å². The van der Waals surface area contributed by atoms with Gasteiger partial charge in [-0.05, 0) is 172 Å². The first-order chi connectivity index (χ1) is 41.6. The van der Waals surface area contributed by atoms with Crippen molar-refractivity contribution in [2.75, 3.05) is 9.80 Å². The van der Waals surface area contributed by atoms with Crippen molar-refractivity contribution in [2.24, 2.45) is 0 Å². The number of hydrogen-bond acceptors (Lipinski definition) is 2. The molecular weight excluding hydrogens is 1010 g/mol. The van der Waals surface area contributed by atoms with Gasteiger partial charge >= 0.3 is 0 Å². The van der Waals surface area contributed by atoms with Crippen LogP contribution in [0.3, 0.4) is 0 Å². The summed E-state index contributed by atoms with van der Waals surface area (Å²) < 4.78 is 0. The summed E-state index contributed by atoms with van der Waals surface area (Å²) in [5.74, 6) is 0. The Morgan fingerprint density at radius 1 is 0.179 bits per heavy atom. The fourth-order valence-corrected chi connectivity index (χ4v) is 11.9. The monoisotopic (exact) mass is 1070 g/mol. The Bertz CT molecular complexity index is 4350. The average Bonchev–Trinajstić information content (AvgIpc) is 1.71. The van der Waals surface area contributed by atoms with E-state index >= 15 is 0 Å². The lowest BCUT2D eigenvalue weighted by Gasteiger charge is -2.26.